The maximum absolute atomic E-state index is 10.6. The Morgan fingerprint density at radius 2 is 2.29 bits per heavy atom. The molecule has 0 aromatic carbocycles. The van der Waals surface area contributed by atoms with Crippen LogP contribution in [0, 0.1) is 0 Å². The molecule has 4 heteroatoms. The van der Waals surface area contributed by atoms with Gasteiger partial charge in [0.2, 0.25) is 0 Å². The van der Waals surface area contributed by atoms with Crippen LogP contribution in [-0.4, -0.2) is 37.1 Å². The van der Waals surface area contributed by atoms with Crippen molar-refractivity contribution in [3.63, 3.8) is 0 Å². The maximum atomic E-state index is 10.6. The van der Waals surface area contributed by atoms with Crippen LogP contribution in [0.2, 0.25) is 0 Å². The van der Waals surface area contributed by atoms with Crippen LogP contribution in [-0.2, 0) is 9.53 Å². The van der Waals surface area contributed by atoms with Crippen LogP contribution in [0.1, 0.15) is 0 Å². The Labute approximate surface area is 82.5 Å². The van der Waals surface area contributed by atoms with E-state index in [-0.39, 0.29) is 6.10 Å². The van der Waals surface area contributed by atoms with E-state index in [1.807, 2.05) is 12.1 Å². The van der Waals surface area contributed by atoms with Gasteiger partial charge in [-0.15, -0.1) is 0 Å². The topological polar surface area (TPSA) is 42.4 Å². The van der Waals surface area contributed by atoms with Crippen LogP contribution in [0.5, 0.6) is 0 Å². The number of rotatable bonds is 2. The first-order valence-corrected chi connectivity index (χ1v) is 4.62. The Hall–Kier alpha value is -1.42. The van der Waals surface area contributed by atoms with Crippen molar-refractivity contribution >= 4 is 12.0 Å². The second kappa shape index (κ2) is 4.19. The van der Waals surface area contributed by atoms with Gasteiger partial charge in [0.25, 0.3) is 0 Å². The molecule has 1 aliphatic rings. The summed E-state index contributed by atoms with van der Waals surface area (Å²) < 4.78 is 5.25. The van der Waals surface area contributed by atoms with Crippen LogP contribution < -0.4 is 4.90 Å². The average Bonchev–Trinajstić information content (AvgIpc) is 2.30. The quantitative estimate of drug-likeness (QED) is 0.639. The molecule has 2 rings (SSSR count). The lowest BCUT2D eigenvalue weighted by Gasteiger charge is -2.31. The summed E-state index contributed by atoms with van der Waals surface area (Å²) in [6.07, 6.45) is 4.06. The number of aromatic nitrogens is 1. The summed E-state index contributed by atoms with van der Waals surface area (Å²) in [4.78, 5) is 16.7. The highest BCUT2D eigenvalue weighted by atomic mass is 16.5. The maximum Gasteiger partial charge on any atom is 0.150 e. The monoisotopic (exact) mass is 192 g/mol. The lowest BCUT2D eigenvalue weighted by Crippen LogP contribution is -2.43. The minimum Gasteiger partial charge on any atom is -0.367 e. The Morgan fingerprint density at radius 3 is 3.00 bits per heavy atom. The number of anilines is 1. The second-order valence-electron chi connectivity index (χ2n) is 3.20. The highest BCUT2D eigenvalue weighted by Crippen LogP contribution is 2.15. The van der Waals surface area contributed by atoms with Gasteiger partial charge in [-0.2, -0.15) is 0 Å². The van der Waals surface area contributed by atoms with E-state index < -0.39 is 0 Å². The third-order valence-electron chi connectivity index (χ3n) is 2.27. The summed E-state index contributed by atoms with van der Waals surface area (Å²) in [5.74, 6) is 0. The van der Waals surface area contributed by atoms with Gasteiger partial charge in [0.1, 0.15) is 6.10 Å². The van der Waals surface area contributed by atoms with E-state index in [1.54, 1.807) is 12.4 Å². The minimum atomic E-state index is -0.295. The first-order chi connectivity index (χ1) is 6.90. The van der Waals surface area contributed by atoms with E-state index in [2.05, 4.69) is 9.88 Å². The molecule has 0 N–H and O–H groups in total. The number of carbonyl (C=O) groups excluding carboxylic acids is 1. The molecule has 0 spiro atoms. The van der Waals surface area contributed by atoms with Gasteiger partial charge in [0.05, 0.1) is 13.2 Å². The first kappa shape index (κ1) is 9.15. The van der Waals surface area contributed by atoms with E-state index >= 15 is 0 Å². The zero-order chi connectivity index (χ0) is 9.80. The van der Waals surface area contributed by atoms with Gasteiger partial charge in [-0.25, -0.2) is 0 Å². The average molecular weight is 192 g/mol. The number of carbonyl (C=O) groups is 1. The molecule has 0 aliphatic carbocycles. The van der Waals surface area contributed by atoms with Crippen molar-refractivity contribution in [2.45, 2.75) is 6.10 Å². The zero-order valence-corrected chi connectivity index (χ0v) is 7.80. The van der Waals surface area contributed by atoms with Crippen molar-refractivity contribution < 1.29 is 9.53 Å². The molecule has 0 radical (unpaired) electrons. The molecule has 1 saturated heterocycles. The molecule has 0 bridgehead atoms. The fraction of sp³-hybridized carbons (Fsp3) is 0.400. The van der Waals surface area contributed by atoms with E-state index in [0.29, 0.717) is 13.2 Å². The van der Waals surface area contributed by atoms with Gasteiger partial charge in [0.15, 0.2) is 6.29 Å². The Kier molecular flexibility index (Phi) is 2.74. The highest BCUT2D eigenvalue weighted by Gasteiger charge is 2.19. The number of pyridine rings is 1. The molecule has 1 unspecified atom stereocenters. The van der Waals surface area contributed by atoms with E-state index in [0.717, 1.165) is 18.5 Å². The summed E-state index contributed by atoms with van der Waals surface area (Å²) >= 11 is 0. The van der Waals surface area contributed by atoms with Gasteiger partial charge in [0, 0.05) is 24.6 Å². The van der Waals surface area contributed by atoms with Crippen molar-refractivity contribution in [3.8, 4) is 0 Å². The molecule has 0 amide bonds. The van der Waals surface area contributed by atoms with Gasteiger partial charge in [-0.05, 0) is 12.1 Å². The molecule has 1 fully saturated rings. The predicted octanol–water partition coefficient (Wildman–Crippen LogP) is 0.486. The van der Waals surface area contributed by atoms with Gasteiger partial charge in [-0.3, -0.25) is 4.98 Å². The smallest absolute Gasteiger partial charge is 0.150 e. The Balaban J connectivity index is 2.08. The molecular formula is C10H12N2O2. The van der Waals surface area contributed by atoms with Crippen LogP contribution in [0.25, 0.3) is 0 Å². The van der Waals surface area contributed by atoms with Crippen molar-refractivity contribution in [3.05, 3.63) is 24.5 Å². The molecule has 4 nitrogen and oxygen atoms in total. The summed E-state index contributed by atoms with van der Waals surface area (Å²) in [6, 6.07) is 3.88. The summed E-state index contributed by atoms with van der Waals surface area (Å²) in [6.45, 7) is 2.06. The van der Waals surface area contributed by atoms with Crippen LogP contribution in [0.4, 0.5) is 5.69 Å². The van der Waals surface area contributed by atoms with Crippen molar-refractivity contribution in [2.75, 3.05) is 24.6 Å². The molecule has 1 atom stereocenters. The zero-order valence-electron chi connectivity index (χ0n) is 7.80. The highest BCUT2D eigenvalue weighted by molar-refractivity contribution is 5.59. The number of morpholine rings is 1. The molecule has 2 heterocycles. The van der Waals surface area contributed by atoms with E-state index in [9.17, 15) is 4.79 Å². The molecule has 14 heavy (non-hydrogen) atoms. The molecule has 0 saturated carbocycles. The predicted molar refractivity (Wildman–Crippen MR) is 52.3 cm³/mol. The lowest BCUT2D eigenvalue weighted by molar-refractivity contribution is -0.118. The Morgan fingerprint density at radius 1 is 1.50 bits per heavy atom. The van der Waals surface area contributed by atoms with Crippen molar-refractivity contribution in [1.82, 2.24) is 4.98 Å². The second-order valence-corrected chi connectivity index (χ2v) is 3.20. The van der Waals surface area contributed by atoms with E-state index in [4.69, 9.17) is 4.74 Å². The minimum absolute atomic E-state index is 0.295. The standard InChI is InChI=1S/C10H12N2O2/c13-8-10-7-12(5-6-14-10)9-1-3-11-4-2-9/h1-4,8,10H,5-7H2. The summed E-state index contributed by atoms with van der Waals surface area (Å²) in [5.41, 5.74) is 1.09. The third-order valence-corrected chi connectivity index (χ3v) is 2.27. The summed E-state index contributed by atoms with van der Waals surface area (Å²) in [5, 5.41) is 0. The molecular weight excluding hydrogens is 180 g/mol. The van der Waals surface area contributed by atoms with Gasteiger partial charge >= 0.3 is 0 Å². The van der Waals surface area contributed by atoms with Crippen molar-refractivity contribution in [2.24, 2.45) is 0 Å². The largest absolute Gasteiger partial charge is 0.367 e. The third kappa shape index (κ3) is 1.90. The summed E-state index contributed by atoms with van der Waals surface area (Å²) in [7, 11) is 0. The normalized spacial score (nSPS) is 22.0. The van der Waals surface area contributed by atoms with Gasteiger partial charge < -0.3 is 14.4 Å². The SMILES string of the molecule is O=CC1CN(c2ccncc2)CCO1. The van der Waals surface area contributed by atoms with Crippen molar-refractivity contribution in [1.29, 1.82) is 0 Å². The van der Waals surface area contributed by atoms with E-state index in [1.165, 1.54) is 0 Å². The fourth-order valence-corrected chi connectivity index (χ4v) is 1.55. The lowest BCUT2D eigenvalue weighted by atomic mass is 10.2. The number of nitrogens with zero attached hydrogens (tertiary/aromatic N) is 2. The Bertz CT molecular complexity index is 302. The van der Waals surface area contributed by atoms with Gasteiger partial charge in [-0.1, -0.05) is 0 Å². The van der Waals surface area contributed by atoms with Crippen LogP contribution >= 0.6 is 0 Å². The number of aldehydes is 1. The van der Waals surface area contributed by atoms with Crippen LogP contribution in [0.15, 0.2) is 24.5 Å². The number of ether oxygens (including phenoxy) is 1. The molecule has 1 aromatic heterocycles. The first-order valence-electron chi connectivity index (χ1n) is 4.62. The molecule has 74 valence electrons. The van der Waals surface area contributed by atoms with Crippen LogP contribution in [0.3, 0.4) is 0 Å². The number of hydrogen-bond acceptors (Lipinski definition) is 4. The fourth-order valence-electron chi connectivity index (χ4n) is 1.55. The molecule has 1 aliphatic heterocycles. The number of hydrogen-bond donors (Lipinski definition) is 0. The molecule has 1 aromatic rings.